The monoisotopic (exact) mass is 420 g/mol. The molecule has 0 bridgehead atoms. The molecular formula is C22H28N8O. The lowest BCUT2D eigenvalue weighted by molar-refractivity contribution is 0.0738. The fourth-order valence-electron chi connectivity index (χ4n) is 5.05. The summed E-state index contributed by atoms with van der Waals surface area (Å²) in [6.45, 7) is 1.19. The van der Waals surface area contributed by atoms with Crippen molar-refractivity contribution in [3.05, 3.63) is 47.9 Å². The molecule has 2 aromatic heterocycles. The molecule has 9 nitrogen and oxygen atoms in total. The normalized spacial score (nSPS) is 22.0. The topological polar surface area (TPSA) is 95.8 Å². The summed E-state index contributed by atoms with van der Waals surface area (Å²) in [4.78, 5) is 17.6. The van der Waals surface area contributed by atoms with Crippen LogP contribution in [0.5, 0.6) is 0 Å². The maximum Gasteiger partial charge on any atom is 0.257 e. The number of H-pyrrole nitrogens is 1. The van der Waals surface area contributed by atoms with E-state index in [1.807, 2.05) is 39.9 Å². The predicted molar refractivity (Wildman–Crippen MR) is 115 cm³/mol. The minimum atomic E-state index is -0.404. The van der Waals surface area contributed by atoms with Gasteiger partial charge in [-0.05, 0) is 43.8 Å². The van der Waals surface area contributed by atoms with Gasteiger partial charge in [-0.2, -0.15) is 5.10 Å². The van der Waals surface area contributed by atoms with Gasteiger partial charge in [-0.25, -0.2) is 4.68 Å². The molecule has 1 aliphatic carbocycles. The fraction of sp³-hybridized carbons (Fsp3) is 0.500. The Labute approximate surface area is 181 Å². The van der Waals surface area contributed by atoms with Gasteiger partial charge in [0.15, 0.2) is 5.82 Å². The lowest BCUT2D eigenvalue weighted by Crippen LogP contribution is -2.47. The maximum atomic E-state index is 13.5. The largest absolute Gasteiger partial charge is 0.336 e. The second kappa shape index (κ2) is 7.88. The highest BCUT2D eigenvalue weighted by molar-refractivity contribution is 6.00. The molecule has 1 unspecified atom stereocenters. The van der Waals surface area contributed by atoms with Gasteiger partial charge in [0.25, 0.3) is 5.91 Å². The van der Waals surface area contributed by atoms with Crippen LogP contribution < -0.4 is 0 Å². The van der Waals surface area contributed by atoms with Gasteiger partial charge in [-0.1, -0.05) is 43.2 Å². The molecule has 2 aliphatic rings. The van der Waals surface area contributed by atoms with E-state index in [1.165, 1.54) is 12.8 Å². The number of amides is 1. The average molecular weight is 421 g/mol. The average Bonchev–Trinajstić information content (AvgIpc) is 3.58. The van der Waals surface area contributed by atoms with Crippen molar-refractivity contribution in [3.63, 3.8) is 0 Å². The first kappa shape index (κ1) is 19.9. The molecule has 31 heavy (non-hydrogen) atoms. The molecule has 1 aliphatic heterocycles. The second-order valence-electron chi connectivity index (χ2n) is 8.81. The van der Waals surface area contributed by atoms with E-state index in [1.54, 1.807) is 6.20 Å². The van der Waals surface area contributed by atoms with Crippen LogP contribution in [0.3, 0.4) is 0 Å². The van der Waals surface area contributed by atoms with E-state index in [0.717, 1.165) is 36.3 Å². The van der Waals surface area contributed by atoms with Crippen molar-refractivity contribution in [1.82, 2.24) is 40.2 Å². The third-order valence-electron chi connectivity index (χ3n) is 6.90. The number of likely N-dealkylation sites (N-methyl/N-ethyl adjacent to an activating group) is 1. The molecule has 3 heterocycles. The van der Waals surface area contributed by atoms with E-state index in [4.69, 9.17) is 0 Å². The van der Waals surface area contributed by atoms with Gasteiger partial charge >= 0.3 is 0 Å². The van der Waals surface area contributed by atoms with Crippen LogP contribution in [0.4, 0.5) is 0 Å². The number of benzene rings is 1. The first-order valence-electron chi connectivity index (χ1n) is 10.9. The second-order valence-corrected chi connectivity index (χ2v) is 8.81. The van der Waals surface area contributed by atoms with E-state index in [0.29, 0.717) is 24.7 Å². The zero-order valence-corrected chi connectivity index (χ0v) is 18.0. The Bertz CT molecular complexity index is 1050. The van der Waals surface area contributed by atoms with Crippen molar-refractivity contribution < 1.29 is 4.79 Å². The number of tetrazole rings is 1. The Kier molecular flexibility index (Phi) is 5.05. The summed E-state index contributed by atoms with van der Waals surface area (Å²) >= 11 is 0. The van der Waals surface area contributed by atoms with Crippen LogP contribution in [0.1, 0.15) is 54.3 Å². The number of hydrogen-bond donors (Lipinski definition) is 1. The number of rotatable bonds is 5. The predicted octanol–water partition coefficient (Wildman–Crippen LogP) is 2.48. The van der Waals surface area contributed by atoms with E-state index in [2.05, 4.69) is 44.7 Å². The molecule has 1 aromatic carbocycles. The van der Waals surface area contributed by atoms with Crippen LogP contribution in [0.2, 0.25) is 0 Å². The number of hydrogen-bond acceptors (Lipinski definition) is 6. The van der Waals surface area contributed by atoms with Crippen molar-refractivity contribution in [2.45, 2.75) is 43.7 Å². The Morgan fingerprint density at radius 1 is 1.19 bits per heavy atom. The summed E-state index contributed by atoms with van der Waals surface area (Å²) in [6.07, 6.45) is 7.07. The summed E-state index contributed by atoms with van der Waals surface area (Å²) < 4.78 is 2.02. The van der Waals surface area contributed by atoms with E-state index < -0.39 is 5.54 Å². The molecule has 1 saturated carbocycles. The van der Waals surface area contributed by atoms with E-state index >= 15 is 0 Å². The highest BCUT2D eigenvalue weighted by Gasteiger charge is 2.48. The number of aromatic nitrogens is 6. The molecule has 0 radical (unpaired) electrons. The number of nitrogens with one attached hydrogen (secondary N) is 1. The molecule has 3 aromatic rings. The molecule has 9 heteroatoms. The Balaban J connectivity index is 1.44. The van der Waals surface area contributed by atoms with Crippen LogP contribution >= 0.6 is 0 Å². The van der Waals surface area contributed by atoms with Gasteiger partial charge in [0.05, 0.1) is 23.5 Å². The zero-order chi connectivity index (χ0) is 21.4. The first-order chi connectivity index (χ1) is 15.1. The summed E-state index contributed by atoms with van der Waals surface area (Å²) in [5.41, 5.74) is 1.89. The molecule has 5 rings (SSSR count). The minimum Gasteiger partial charge on any atom is -0.336 e. The Morgan fingerprint density at radius 2 is 1.97 bits per heavy atom. The highest BCUT2D eigenvalue weighted by Crippen LogP contribution is 2.39. The van der Waals surface area contributed by atoms with Crippen molar-refractivity contribution >= 4 is 5.91 Å². The number of likely N-dealkylation sites (tertiary alicyclic amines) is 1. The molecule has 1 atom stereocenters. The smallest absolute Gasteiger partial charge is 0.257 e. The van der Waals surface area contributed by atoms with Crippen LogP contribution in [0, 0.1) is 0 Å². The highest BCUT2D eigenvalue weighted by atomic mass is 16.2. The molecule has 0 spiro atoms. The third-order valence-corrected chi connectivity index (χ3v) is 6.90. The minimum absolute atomic E-state index is 0.0174. The van der Waals surface area contributed by atoms with Crippen LogP contribution in [0.15, 0.2) is 36.5 Å². The summed E-state index contributed by atoms with van der Waals surface area (Å²) in [5.74, 6) is 0.853. The van der Waals surface area contributed by atoms with Crippen LogP contribution in [-0.2, 0) is 5.54 Å². The fourth-order valence-corrected chi connectivity index (χ4v) is 5.05. The third kappa shape index (κ3) is 3.33. The summed E-state index contributed by atoms with van der Waals surface area (Å²) in [6, 6.07) is 10.2. The Morgan fingerprint density at radius 3 is 2.71 bits per heavy atom. The van der Waals surface area contributed by atoms with Crippen molar-refractivity contribution in [3.8, 4) is 11.3 Å². The number of carbonyl (C=O) groups excluding carboxylic acids is 1. The lowest BCUT2D eigenvalue weighted by atomic mass is 9.95. The SMILES string of the molecule is CN(C)C1(c2nnnn2C2CCCC2)CCN(C(=O)c2cn[nH]c2-c2ccccc2)C1. The summed E-state index contributed by atoms with van der Waals surface area (Å²) in [5, 5.41) is 20.0. The van der Waals surface area contributed by atoms with Gasteiger partial charge in [0.2, 0.25) is 0 Å². The van der Waals surface area contributed by atoms with Crippen molar-refractivity contribution in [2.24, 2.45) is 0 Å². The van der Waals surface area contributed by atoms with Gasteiger partial charge in [0.1, 0.15) is 5.54 Å². The van der Waals surface area contributed by atoms with Gasteiger partial charge in [0, 0.05) is 18.7 Å². The standard InChI is InChI=1S/C22H28N8O/c1-28(2)22(21-25-26-27-30(21)17-10-6-7-11-17)12-13-29(15-22)20(31)18-14-23-24-19(18)16-8-4-3-5-9-16/h3-5,8-9,14,17H,6-7,10-13,15H2,1-2H3,(H,23,24). The molecule has 1 N–H and O–H groups in total. The Hall–Kier alpha value is -3.07. The van der Waals surface area contributed by atoms with Crippen LogP contribution in [-0.4, -0.2) is 73.3 Å². The van der Waals surface area contributed by atoms with Crippen molar-refractivity contribution in [2.75, 3.05) is 27.2 Å². The molecule has 1 amide bonds. The number of aromatic amines is 1. The van der Waals surface area contributed by atoms with E-state index in [-0.39, 0.29) is 5.91 Å². The lowest BCUT2D eigenvalue weighted by Gasteiger charge is -2.35. The quantitative estimate of drug-likeness (QED) is 0.681. The number of nitrogens with zero attached hydrogens (tertiary/aromatic N) is 7. The van der Waals surface area contributed by atoms with Crippen molar-refractivity contribution in [1.29, 1.82) is 0 Å². The first-order valence-corrected chi connectivity index (χ1v) is 10.9. The number of carbonyl (C=O) groups is 1. The molecular weight excluding hydrogens is 392 g/mol. The zero-order valence-electron chi connectivity index (χ0n) is 18.0. The van der Waals surface area contributed by atoms with E-state index in [9.17, 15) is 4.79 Å². The summed E-state index contributed by atoms with van der Waals surface area (Å²) in [7, 11) is 4.10. The molecule has 1 saturated heterocycles. The van der Waals surface area contributed by atoms with Gasteiger partial charge in [-0.15, -0.1) is 5.10 Å². The van der Waals surface area contributed by atoms with Gasteiger partial charge in [-0.3, -0.25) is 14.8 Å². The molecule has 2 fully saturated rings. The molecule has 162 valence electrons. The van der Waals surface area contributed by atoms with Gasteiger partial charge < -0.3 is 4.90 Å². The maximum absolute atomic E-state index is 13.5. The van der Waals surface area contributed by atoms with Crippen LogP contribution in [0.25, 0.3) is 11.3 Å².